The summed E-state index contributed by atoms with van der Waals surface area (Å²) in [5.41, 5.74) is 1.84. The Labute approximate surface area is 137 Å². The first-order valence-electron chi connectivity index (χ1n) is 7.06. The molecule has 0 aliphatic heterocycles. The van der Waals surface area contributed by atoms with Crippen LogP contribution >= 0.6 is 0 Å². The molecule has 0 atom stereocenters. The van der Waals surface area contributed by atoms with E-state index in [1.807, 2.05) is 19.9 Å². The zero-order chi connectivity index (χ0) is 17.9. The van der Waals surface area contributed by atoms with Crippen molar-refractivity contribution in [3.8, 4) is 0 Å². The minimum Gasteiger partial charge on any atom is -0.326 e. The summed E-state index contributed by atoms with van der Waals surface area (Å²) in [5, 5.41) is 24.5. The van der Waals surface area contributed by atoms with Gasteiger partial charge in [0, 0.05) is 17.3 Å². The van der Waals surface area contributed by atoms with Crippen molar-refractivity contribution in [1.82, 2.24) is 0 Å². The number of nitrogens with zero attached hydrogens (tertiary/aromatic N) is 2. The van der Waals surface area contributed by atoms with E-state index < -0.39 is 21.4 Å². The summed E-state index contributed by atoms with van der Waals surface area (Å²) in [7, 11) is 0. The molecule has 8 heteroatoms. The van der Waals surface area contributed by atoms with E-state index in [0.29, 0.717) is 5.69 Å². The van der Waals surface area contributed by atoms with Crippen molar-refractivity contribution in [2.75, 3.05) is 5.32 Å². The van der Waals surface area contributed by atoms with Crippen molar-refractivity contribution in [1.29, 1.82) is 0 Å². The smallest absolute Gasteiger partial charge is 0.279 e. The van der Waals surface area contributed by atoms with Crippen LogP contribution in [-0.4, -0.2) is 15.8 Å². The van der Waals surface area contributed by atoms with E-state index >= 15 is 0 Å². The van der Waals surface area contributed by atoms with E-state index in [1.54, 1.807) is 12.1 Å². The molecule has 124 valence electrons. The molecular formula is C16H15N3O5. The molecule has 0 heterocycles. The predicted octanol–water partition coefficient (Wildman–Crippen LogP) is 3.30. The Balaban J connectivity index is 2.22. The van der Waals surface area contributed by atoms with Crippen LogP contribution in [0.25, 0.3) is 0 Å². The molecule has 2 aromatic carbocycles. The highest BCUT2D eigenvalue weighted by atomic mass is 16.6. The number of nitro groups is 2. The topological polar surface area (TPSA) is 115 Å². The predicted molar refractivity (Wildman–Crippen MR) is 88.0 cm³/mol. The number of nitrogens with one attached hydrogen (secondary N) is 1. The van der Waals surface area contributed by atoms with E-state index in [0.717, 1.165) is 23.3 Å². The fourth-order valence-corrected chi connectivity index (χ4v) is 2.41. The van der Waals surface area contributed by atoms with Crippen molar-refractivity contribution in [2.24, 2.45) is 0 Å². The maximum atomic E-state index is 12.1. The van der Waals surface area contributed by atoms with E-state index in [9.17, 15) is 25.0 Å². The second-order valence-electron chi connectivity index (χ2n) is 5.43. The lowest BCUT2D eigenvalue weighted by Crippen LogP contribution is -2.15. The van der Waals surface area contributed by atoms with Gasteiger partial charge in [0.1, 0.15) is 0 Å². The van der Waals surface area contributed by atoms with Gasteiger partial charge in [-0.3, -0.25) is 25.0 Å². The van der Waals surface area contributed by atoms with Gasteiger partial charge in [-0.05, 0) is 43.2 Å². The molecule has 0 bridgehead atoms. The first kappa shape index (κ1) is 17.1. The molecule has 24 heavy (non-hydrogen) atoms. The Bertz CT molecular complexity index is 812. The van der Waals surface area contributed by atoms with Crippen LogP contribution in [0.5, 0.6) is 0 Å². The average Bonchev–Trinajstić information content (AvgIpc) is 2.45. The molecule has 1 amide bonds. The molecule has 0 spiro atoms. The Morgan fingerprint density at radius 3 is 2.17 bits per heavy atom. The molecule has 0 saturated carbocycles. The molecule has 0 saturated heterocycles. The number of hydrogen-bond acceptors (Lipinski definition) is 5. The number of anilines is 1. The third-order valence-electron chi connectivity index (χ3n) is 3.33. The fourth-order valence-electron chi connectivity index (χ4n) is 2.41. The Morgan fingerprint density at radius 1 is 1.00 bits per heavy atom. The summed E-state index contributed by atoms with van der Waals surface area (Å²) in [4.78, 5) is 32.5. The number of benzene rings is 2. The van der Waals surface area contributed by atoms with Crippen LogP contribution in [0, 0.1) is 34.1 Å². The molecule has 0 aliphatic carbocycles. The summed E-state index contributed by atoms with van der Waals surface area (Å²) in [6.07, 6.45) is -0.249. The lowest BCUT2D eigenvalue weighted by atomic mass is 10.1. The molecule has 0 radical (unpaired) electrons. The summed E-state index contributed by atoms with van der Waals surface area (Å²) < 4.78 is 0. The van der Waals surface area contributed by atoms with Crippen LogP contribution < -0.4 is 5.32 Å². The van der Waals surface area contributed by atoms with Gasteiger partial charge in [0.05, 0.1) is 22.3 Å². The number of nitro benzene ring substituents is 2. The van der Waals surface area contributed by atoms with Crippen molar-refractivity contribution in [3.63, 3.8) is 0 Å². The Hall–Kier alpha value is -3.29. The summed E-state index contributed by atoms with van der Waals surface area (Å²) in [6.45, 7) is 3.79. The molecule has 1 N–H and O–H groups in total. The SMILES string of the molecule is Cc1cc(C)cc(NC(=O)Cc2ccc([N+](=O)[O-])cc2[N+](=O)[O-])c1. The van der Waals surface area contributed by atoms with Gasteiger partial charge in [0.15, 0.2) is 0 Å². The minimum atomic E-state index is -0.730. The largest absolute Gasteiger partial charge is 0.326 e. The van der Waals surface area contributed by atoms with E-state index in [4.69, 9.17) is 0 Å². The van der Waals surface area contributed by atoms with Crippen LogP contribution in [-0.2, 0) is 11.2 Å². The number of carbonyl (C=O) groups is 1. The maximum Gasteiger partial charge on any atom is 0.279 e. The lowest BCUT2D eigenvalue weighted by molar-refractivity contribution is -0.394. The normalized spacial score (nSPS) is 10.2. The monoisotopic (exact) mass is 329 g/mol. The first-order chi connectivity index (χ1) is 11.3. The van der Waals surface area contributed by atoms with Gasteiger partial charge in [-0.1, -0.05) is 6.07 Å². The lowest BCUT2D eigenvalue weighted by Gasteiger charge is -2.08. The summed E-state index contributed by atoms with van der Waals surface area (Å²) >= 11 is 0. The van der Waals surface area contributed by atoms with Gasteiger partial charge < -0.3 is 5.32 Å². The van der Waals surface area contributed by atoms with Crippen LogP contribution in [0.2, 0.25) is 0 Å². The number of amides is 1. The average molecular weight is 329 g/mol. The van der Waals surface area contributed by atoms with Gasteiger partial charge in [-0.25, -0.2) is 0 Å². The highest BCUT2D eigenvalue weighted by molar-refractivity contribution is 5.93. The molecule has 0 aliphatic rings. The summed E-state index contributed by atoms with van der Waals surface area (Å²) in [5.74, 6) is -0.433. The number of hydrogen-bond donors (Lipinski definition) is 1. The highest BCUT2D eigenvalue weighted by Crippen LogP contribution is 2.25. The third kappa shape index (κ3) is 4.13. The zero-order valence-electron chi connectivity index (χ0n) is 13.1. The van der Waals surface area contributed by atoms with Crippen molar-refractivity contribution >= 4 is 23.0 Å². The molecular weight excluding hydrogens is 314 g/mol. The molecule has 8 nitrogen and oxygen atoms in total. The van der Waals surface area contributed by atoms with Gasteiger partial charge in [-0.2, -0.15) is 0 Å². The molecule has 0 fully saturated rings. The number of carbonyl (C=O) groups excluding carboxylic acids is 1. The Morgan fingerprint density at radius 2 is 1.62 bits per heavy atom. The van der Waals surface area contributed by atoms with E-state index in [2.05, 4.69) is 5.32 Å². The Kier molecular flexibility index (Phi) is 4.88. The fraction of sp³-hybridized carbons (Fsp3) is 0.188. The molecule has 0 aromatic heterocycles. The maximum absolute atomic E-state index is 12.1. The first-order valence-corrected chi connectivity index (χ1v) is 7.06. The molecule has 2 rings (SSSR count). The second kappa shape index (κ2) is 6.86. The van der Waals surface area contributed by atoms with Gasteiger partial charge in [-0.15, -0.1) is 0 Å². The van der Waals surface area contributed by atoms with Gasteiger partial charge in [0.2, 0.25) is 5.91 Å². The third-order valence-corrected chi connectivity index (χ3v) is 3.33. The number of non-ortho nitro benzene ring substituents is 1. The van der Waals surface area contributed by atoms with Crippen molar-refractivity contribution in [2.45, 2.75) is 20.3 Å². The van der Waals surface area contributed by atoms with Gasteiger partial charge >= 0.3 is 0 Å². The molecule has 2 aromatic rings. The second-order valence-corrected chi connectivity index (χ2v) is 5.43. The van der Waals surface area contributed by atoms with Crippen LogP contribution in [0.4, 0.5) is 17.1 Å². The van der Waals surface area contributed by atoms with Crippen molar-refractivity contribution < 1.29 is 14.6 Å². The van der Waals surface area contributed by atoms with Crippen molar-refractivity contribution in [3.05, 3.63) is 73.3 Å². The molecule has 0 unspecified atom stereocenters. The standard InChI is InChI=1S/C16H15N3O5/c1-10-5-11(2)7-13(6-10)17-16(20)8-12-3-4-14(18(21)22)9-15(12)19(23)24/h3-7,9H,8H2,1-2H3,(H,17,20). The van der Waals surface area contributed by atoms with E-state index in [-0.39, 0.29) is 17.7 Å². The zero-order valence-corrected chi connectivity index (χ0v) is 13.1. The number of rotatable bonds is 5. The van der Waals surface area contributed by atoms with Crippen LogP contribution in [0.1, 0.15) is 16.7 Å². The summed E-state index contributed by atoms with van der Waals surface area (Å²) in [6, 6.07) is 8.77. The quantitative estimate of drug-likeness (QED) is 0.667. The van der Waals surface area contributed by atoms with Crippen LogP contribution in [0.15, 0.2) is 36.4 Å². The highest BCUT2D eigenvalue weighted by Gasteiger charge is 2.21. The number of aryl methyl sites for hydroxylation is 2. The minimum absolute atomic E-state index is 0.118. The van der Waals surface area contributed by atoms with Gasteiger partial charge in [0.25, 0.3) is 11.4 Å². The van der Waals surface area contributed by atoms with Crippen LogP contribution in [0.3, 0.4) is 0 Å². The van der Waals surface area contributed by atoms with E-state index in [1.165, 1.54) is 6.07 Å².